The van der Waals surface area contributed by atoms with Gasteiger partial charge in [-0.1, -0.05) is 18.2 Å². The van der Waals surface area contributed by atoms with E-state index in [0.29, 0.717) is 11.3 Å². The van der Waals surface area contributed by atoms with E-state index in [-0.39, 0.29) is 11.6 Å². The molecular weight excluding hydrogens is 328 g/mol. The lowest BCUT2D eigenvalue weighted by atomic mass is 10.1. The molecule has 3 aromatic heterocycles. The summed E-state index contributed by atoms with van der Waals surface area (Å²) in [6.45, 7) is 1.80. The summed E-state index contributed by atoms with van der Waals surface area (Å²) in [4.78, 5) is 12.6. The quantitative estimate of drug-likeness (QED) is 0.516. The minimum absolute atomic E-state index is 0.203. The zero-order valence-corrected chi connectivity index (χ0v) is 14.5. The Bertz CT molecular complexity index is 1190. The minimum Gasteiger partial charge on any atom is -0.382 e. The molecule has 4 aromatic rings. The highest BCUT2D eigenvalue weighted by Crippen LogP contribution is 2.36. The number of rotatable bonds is 2. The van der Waals surface area contributed by atoms with Gasteiger partial charge in [0.1, 0.15) is 5.52 Å². The molecule has 1 aromatic carbocycles. The second-order valence-corrected chi connectivity index (χ2v) is 6.91. The second-order valence-electron chi connectivity index (χ2n) is 6.91. The van der Waals surface area contributed by atoms with Crippen molar-refractivity contribution in [1.82, 2.24) is 24.6 Å². The van der Waals surface area contributed by atoms with Gasteiger partial charge in [0, 0.05) is 42.3 Å². The lowest BCUT2D eigenvalue weighted by Crippen LogP contribution is -2.18. The Labute approximate surface area is 149 Å². The van der Waals surface area contributed by atoms with Crippen molar-refractivity contribution in [3.8, 4) is 11.3 Å². The number of aryl methyl sites for hydroxylation is 1. The molecule has 0 saturated carbocycles. The number of anilines is 1. The van der Waals surface area contributed by atoms with E-state index in [0.717, 1.165) is 47.1 Å². The van der Waals surface area contributed by atoms with Crippen LogP contribution in [0.3, 0.4) is 0 Å². The van der Waals surface area contributed by atoms with Gasteiger partial charge in [0.2, 0.25) is 0 Å². The van der Waals surface area contributed by atoms with Crippen molar-refractivity contribution in [3.63, 3.8) is 0 Å². The maximum atomic E-state index is 12.6. The van der Waals surface area contributed by atoms with Gasteiger partial charge in [-0.3, -0.25) is 4.79 Å². The topological polar surface area (TPSA) is 93.7 Å². The van der Waals surface area contributed by atoms with Crippen molar-refractivity contribution in [2.24, 2.45) is 7.05 Å². The number of nitrogen functional groups attached to an aromatic ring is 1. The van der Waals surface area contributed by atoms with Crippen LogP contribution in [0.2, 0.25) is 0 Å². The fourth-order valence-corrected chi connectivity index (χ4v) is 4.14. The third-order valence-electron chi connectivity index (χ3n) is 5.44. The summed E-state index contributed by atoms with van der Waals surface area (Å²) in [6.07, 6.45) is 3.05. The van der Waals surface area contributed by atoms with Crippen molar-refractivity contribution in [3.05, 3.63) is 46.9 Å². The minimum atomic E-state index is -0.203. The smallest absolute Gasteiger partial charge is 0.288 e. The fraction of sp³-hybridized carbons (Fsp3) is 0.263. The summed E-state index contributed by atoms with van der Waals surface area (Å²) in [5.74, 6) is 0.351. The summed E-state index contributed by atoms with van der Waals surface area (Å²) in [5, 5.41) is 11.8. The lowest BCUT2D eigenvalue weighted by molar-refractivity contribution is 0.564. The van der Waals surface area contributed by atoms with Gasteiger partial charge in [-0.15, -0.1) is 0 Å². The summed E-state index contributed by atoms with van der Waals surface area (Å²) >= 11 is 0. The summed E-state index contributed by atoms with van der Waals surface area (Å²) in [7, 11) is 2.04. The van der Waals surface area contributed by atoms with E-state index in [1.807, 2.05) is 19.2 Å². The molecule has 7 heteroatoms. The standard InChI is InChI=1S/C19H20N6O/c1-24-14-5-3-2-4-11(14)8-15(24)13-10-25(12-6-7-21-9-12)17-16(13)18(20)22-23-19(17)26/h2-5,8,10,12,21H,6-7,9H2,1H3,(H2,20,22)(H,23,26)/t12-/m0/s1. The molecule has 0 amide bonds. The molecule has 1 aliphatic heterocycles. The number of aromatic amines is 1. The van der Waals surface area contributed by atoms with Crippen LogP contribution in [0.4, 0.5) is 5.82 Å². The molecule has 1 saturated heterocycles. The van der Waals surface area contributed by atoms with E-state index in [1.54, 1.807) is 0 Å². The molecule has 4 N–H and O–H groups in total. The van der Waals surface area contributed by atoms with E-state index < -0.39 is 0 Å². The van der Waals surface area contributed by atoms with E-state index in [9.17, 15) is 4.79 Å². The Morgan fingerprint density at radius 3 is 2.92 bits per heavy atom. The molecule has 0 radical (unpaired) electrons. The van der Waals surface area contributed by atoms with Crippen LogP contribution < -0.4 is 16.6 Å². The van der Waals surface area contributed by atoms with Crippen LogP contribution in [0.1, 0.15) is 12.5 Å². The first-order chi connectivity index (χ1) is 12.6. The molecule has 0 spiro atoms. The van der Waals surface area contributed by atoms with Gasteiger partial charge in [0.15, 0.2) is 5.82 Å². The maximum Gasteiger partial charge on any atom is 0.288 e. The van der Waals surface area contributed by atoms with Crippen LogP contribution >= 0.6 is 0 Å². The lowest BCUT2D eigenvalue weighted by Gasteiger charge is -2.11. The van der Waals surface area contributed by atoms with Crippen LogP contribution in [-0.2, 0) is 7.05 Å². The van der Waals surface area contributed by atoms with E-state index in [4.69, 9.17) is 5.73 Å². The third kappa shape index (κ3) is 2.04. The first-order valence-corrected chi connectivity index (χ1v) is 8.79. The van der Waals surface area contributed by atoms with Crippen LogP contribution in [0, 0.1) is 0 Å². The number of nitrogens with two attached hydrogens (primary N) is 1. The number of hydrogen-bond donors (Lipinski definition) is 3. The van der Waals surface area contributed by atoms with Gasteiger partial charge in [-0.2, -0.15) is 5.10 Å². The molecule has 0 aliphatic carbocycles. The number of benzene rings is 1. The molecule has 1 fully saturated rings. The number of hydrogen-bond acceptors (Lipinski definition) is 4. The predicted molar refractivity (Wildman–Crippen MR) is 103 cm³/mol. The Hall–Kier alpha value is -3.06. The van der Waals surface area contributed by atoms with Gasteiger partial charge in [0.05, 0.1) is 11.1 Å². The third-order valence-corrected chi connectivity index (χ3v) is 5.44. The average molecular weight is 348 g/mol. The molecule has 1 atom stereocenters. The highest BCUT2D eigenvalue weighted by Gasteiger charge is 2.25. The number of para-hydroxylation sites is 1. The summed E-state index contributed by atoms with van der Waals surface area (Å²) in [6, 6.07) is 10.6. The highest BCUT2D eigenvalue weighted by atomic mass is 16.1. The van der Waals surface area contributed by atoms with Crippen LogP contribution in [0.15, 0.2) is 41.3 Å². The zero-order valence-electron chi connectivity index (χ0n) is 14.5. The molecule has 4 heterocycles. The first kappa shape index (κ1) is 15.2. The van der Waals surface area contributed by atoms with Crippen molar-refractivity contribution < 1.29 is 0 Å². The van der Waals surface area contributed by atoms with Crippen LogP contribution in [0.25, 0.3) is 33.1 Å². The molecule has 5 rings (SSSR count). The SMILES string of the molecule is Cn1c(-c2cn([C@H]3CCNC3)c3c(=O)[nH]nc(N)c23)cc2ccccc21. The normalized spacial score (nSPS) is 17.5. The van der Waals surface area contributed by atoms with Gasteiger partial charge in [0.25, 0.3) is 5.56 Å². The van der Waals surface area contributed by atoms with Gasteiger partial charge in [-0.25, -0.2) is 5.10 Å². The largest absolute Gasteiger partial charge is 0.382 e. The van der Waals surface area contributed by atoms with Gasteiger partial charge < -0.3 is 20.2 Å². The predicted octanol–water partition coefficient (Wildman–Crippen LogP) is 2.00. The van der Waals surface area contributed by atoms with Gasteiger partial charge >= 0.3 is 0 Å². The maximum absolute atomic E-state index is 12.6. The Morgan fingerprint density at radius 2 is 2.15 bits per heavy atom. The van der Waals surface area contributed by atoms with E-state index >= 15 is 0 Å². The number of H-pyrrole nitrogens is 1. The number of aromatic nitrogens is 4. The zero-order chi connectivity index (χ0) is 17.8. The van der Waals surface area contributed by atoms with Gasteiger partial charge in [-0.05, 0) is 25.1 Å². The Kier molecular flexibility index (Phi) is 3.20. The van der Waals surface area contributed by atoms with E-state index in [2.05, 4.69) is 49.0 Å². The Morgan fingerprint density at radius 1 is 1.31 bits per heavy atom. The van der Waals surface area contributed by atoms with Crippen molar-refractivity contribution in [1.29, 1.82) is 0 Å². The highest BCUT2D eigenvalue weighted by molar-refractivity contribution is 6.03. The van der Waals surface area contributed by atoms with Crippen LogP contribution in [0.5, 0.6) is 0 Å². The number of nitrogens with one attached hydrogen (secondary N) is 2. The van der Waals surface area contributed by atoms with Crippen LogP contribution in [-0.4, -0.2) is 32.4 Å². The monoisotopic (exact) mass is 348 g/mol. The molecular formula is C19H20N6O. The molecule has 0 bridgehead atoms. The molecule has 7 nitrogen and oxygen atoms in total. The van der Waals surface area contributed by atoms with E-state index in [1.165, 1.54) is 0 Å². The second kappa shape index (κ2) is 5.47. The van der Waals surface area contributed by atoms with Crippen molar-refractivity contribution >= 4 is 27.6 Å². The Balaban J connectivity index is 1.86. The summed E-state index contributed by atoms with van der Waals surface area (Å²) < 4.78 is 4.21. The molecule has 1 aliphatic rings. The van der Waals surface area contributed by atoms with Crippen molar-refractivity contribution in [2.75, 3.05) is 18.8 Å². The van der Waals surface area contributed by atoms with Crippen molar-refractivity contribution in [2.45, 2.75) is 12.5 Å². The molecule has 26 heavy (non-hydrogen) atoms. The average Bonchev–Trinajstić information content (AvgIpc) is 3.36. The fourth-order valence-electron chi connectivity index (χ4n) is 4.14. The number of nitrogens with zero attached hydrogens (tertiary/aromatic N) is 3. The summed E-state index contributed by atoms with van der Waals surface area (Å²) in [5.41, 5.74) is 9.72. The molecule has 132 valence electrons. The number of fused-ring (bicyclic) bond motifs is 2. The first-order valence-electron chi connectivity index (χ1n) is 8.79. The molecule has 0 unspecified atom stereocenters.